The zero-order valence-electron chi connectivity index (χ0n) is 11.1. The van der Waals surface area contributed by atoms with Gasteiger partial charge in [0.25, 0.3) is 0 Å². The lowest BCUT2D eigenvalue weighted by Crippen LogP contribution is -2.31. The van der Waals surface area contributed by atoms with Gasteiger partial charge in [0.2, 0.25) is 10.0 Å². The van der Waals surface area contributed by atoms with Crippen LogP contribution < -0.4 is 10.5 Å². The molecule has 1 rings (SSSR count). The van der Waals surface area contributed by atoms with E-state index in [0.717, 1.165) is 11.2 Å². The first-order valence-corrected chi connectivity index (χ1v) is 10.5. The molecule has 0 aromatic heterocycles. The Balaban J connectivity index is 2.36. The predicted molar refractivity (Wildman–Crippen MR) is 83.1 cm³/mol. The van der Waals surface area contributed by atoms with E-state index >= 15 is 0 Å². The lowest BCUT2D eigenvalue weighted by atomic mass is 10.3. The summed E-state index contributed by atoms with van der Waals surface area (Å²) >= 11 is 1.38. The molecule has 0 saturated heterocycles. The first-order chi connectivity index (χ1) is 9.18. The highest BCUT2D eigenvalue weighted by molar-refractivity contribution is 8.00. The standard InChI is InChI=1S/C11H18N2O4S3/c1-19(14,15)7-5-13-20(16,17)8-6-18-11-4-2-3-10(12)9-11/h2-4,9,13H,5-8,12H2,1H3. The summed E-state index contributed by atoms with van der Waals surface area (Å²) in [6.07, 6.45) is 1.07. The first kappa shape index (κ1) is 17.3. The second-order valence-corrected chi connectivity index (χ2v) is 9.62. The number of thioether (sulfide) groups is 1. The van der Waals surface area contributed by atoms with Crippen LogP contribution in [0, 0.1) is 0 Å². The van der Waals surface area contributed by atoms with Gasteiger partial charge in [0.1, 0.15) is 9.84 Å². The number of hydrogen-bond acceptors (Lipinski definition) is 6. The summed E-state index contributed by atoms with van der Waals surface area (Å²) in [6.45, 7) is -0.0931. The van der Waals surface area contributed by atoms with Gasteiger partial charge in [0.15, 0.2) is 0 Å². The Morgan fingerprint density at radius 3 is 2.50 bits per heavy atom. The molecule has 0 saturated carbocycles. The molecule has 9 heteroatoms. The van der Waals surface area contributed by atoms with Crippen LogP contribution in [0.4, 0.5) is 5.69 Å². The smallest absolute Gasteiger partial charge is 0.212 e. The van der Waals surface area contributed by atoms with Crippen LogP contribution in [0.2, 0.25) is 0 Å². The van der Waals surface area contributed by atoms with Gasteiger partial charge >= 0.3 is 0 Å². The van der Waals surface area contributed by atoms with Crippen LogP contribution >= 0.6 is 11.8 Å². The van der Waals surface area contributed by atoms with E-state index in [-0.39, 0.29) is 18.1 Å². The van der Waals surface area contributed by atoms with Crippen LogP contribution in [0.3, 0.4) is 0 Å². The first-order valence-electron chi connectivity index (χ1n) is 5.81. The Morgan fingerprint density at radius 2 is 1.90 bits per heavy atom. The lowest BCUT2D eigenvalue weighted by molar-refractivity contribution is 0.583. The van der Waals surface area contributed by atoms with E-state index in [1.165, 1.54) is 11.8 Å². The van der Waals surface area contributed by atoms with Crippen molar-refractivity contribution in [3.8, 4) is 0 Å². The summed E-state index contributed by atoms with van der Waals surface area (Å²) in [5, 5.41) is 0. The van der Waals surface area contributed by atoms with E-state index in [2.05, 4.69) is 4.72 Å². The summed E-state index contributed by atoms with van der Waals surface area (Å²) in [5.74, 6) is 0.0997. The number of nitrogens with two attached hydrogens (primary N) is 1. The zero-order valence-corrected chi connectivity index (χ0v) is 13.5. The van der Waals surface area contributed by atoms with Gasteiger partial charge in [-0.3, -0.25) is 0 Å². The van der Waals surface area contributed by atoms with Gasteiger partial charge in [-0.05, 0) is 18.2 Å². The molecule has 0 aliphatic heterocycles. The fraction of sp³-hybridized carbons (Fsp3) is 0.455. The Kier molecular flexibility index (Phi) is 6.31. The minimum Gasteiger partial charge on any atom is -0.399 e. The van der Waals surface area contributed by atoms with Crippen molar-refractivity contribution in [3.63, 3.8) is 0 Å². The monoisotopic (exact) mass is 338 g/mol. The second-order valence-electron chi connectivity index (χ2n) is 4.26. The van der Waals surface area contributed by atoms with Crippen molar-refractivity contribution in [2.45, 2.75) is 4.90 Å². The molecule has 0 heterocycles. The number of sulfone groups is 1. The van der Waals surface area contributed by atoms with E-state index in [1.54, 1.807) is 18.2 Å². The zero-order chi connectivity index (χ0) is 15.2. The minimum atomic E-state index is -3.45. The van der Waals surface area contributed by atoms with Crippen LogP contribution in [-0.4, -0.2) is 46.9 Å². The van der Waals surface area contributed by atoms with Gasteiger partial charge in [-0.1, -0.05) is 6.07 Å². The van der Waals surface area contributed by atoms with Gasteiger partial charge in [-0.25, -0.2) is 21.6 Å². The van der Waals surface area contributed by atoms with Crippen molar-refractivity contribution in [2.75, 3.05) is 35.8 Å². The summed E-state index contributed by atoms with van der Waals surface area (Å²) in [4.78, 5) is 0.899. The molecule has 0 bridgehead atoms. The molecule has 0 amide bonds. The molecular formula is C11H18N2O4S3. The largest absolute Gasteiger partial charge is 0.399 e. The minimum absolute atomic E-state index is 0.0732. The molecule has 0 fully saturated rings. The van der Waals surface area contributed by atoms with Crippen molar-refractivity contribution >= 4 is 37.3 Å². The van der Waals surface area contributed by atoms with Crippen LogP contribution in [0.1, 0.15) is 0 Å². The molecular weight excluding hydrogens is 320 g/mol. The quantitative estimate of drug-likeness (QED) is 0.522. The van der Waals surface area contributed by atoms with E-state index in [4.69, 9.17) is 5.73 Å². The van der Waals surface area contributed by atoms with Crippen LogP contribution in [0.15, 0.2) is 29.2 Å². The number of rotatable bonds is 8. The van der Waals surface area contributed by atoms with Gasteiger partial charge in [0.05, 0.1) is 11.5 Å². The number of sulfonamides is 1. The third-order valence-corrected chi connectivity index (χ3v) is 5.86. The topological polar surface area (TPSA) is 106 Å². The lowest BCUT2D eigenvalue weighted by Gasteiger charge is -2.06. The third kappa shape index (κ3) is 7.73. The summed E-state index contributed by atoms with van der Waals surface area (Å²) in [7, 11) is -6.61. The molecule has 3 N–H and O–H groups in total. The van der Waals surface area contributed by atoms with Crippen molar-refractivity contribution in [1.29, 1.82) is 0 Å². The Hall–Kier alpha value is -0.770. The molecule has 114 valence electrons. The highest BCUT2D eigenvalue weighted by Crippen LogP contribution is 2.20. The van der Waals surface area contributed by atoms with Crippen molar-refractivity contribution in [1.82, 2.24) is 4.72 Å². The fourth-order valence-electron chi connectivity index (χ4n) is 1.33. The number of anilines is 1. The summed E-state index contributed by atoms with van der Waals surface area (Å²) < 4.78 is 47.3. The van der Waals surface area contributed by atoms with Gasteiger partial charge in [-0.15, -0.1) is 11.8 Å². The van der Waals surface area contributed by atoms with Crippen LogP contribution in [0.25, 0.3) is 0 Å². The molecule has 20 heavy (non-hydrogen) atoms. The normalized spacial score (nSPS) is 12.4. The molecule has 1 aromatic rings. The molecule has 0 aliphatic carbocycles. The highest BCUT2D eigenvalue weighted by atomic mass is 32.2. The van der Waals surface area contributed by atoms with E-state index in [1.807, 2.05) is 6.07 Å². The molecule has 0 aliphatic rings. The van der Waals surface area contributed by atoms with E-state index in [0.29, 0.717) is 11.4 Å². The predicted octanol–water partition coefficient (Wildman–Crippen LogP) is 0.325. The molecule has 0 radical (unpaired) electrons. The SMILES string of the molecule is CS(=O)(=O)CCNS(=O)(=O)CCSc1cccc(N)c1. The Morgan fingerprint density at radius 1 is 1.20 bits per heavy atom. The molecule has 0 atom stereocenters. The maximum atomic E-state index is 11.6. The van der Waals surface area contributed by atoms with E-state index < -0.39 is 19.9 Å². The Labute approximate surface area is 124 Å². The van der Waals surface area contributed by atoms with Gasteiger partial charge in [0, 0.05) is 29.1 Å². The van der Waals surface area contributed by atoms with Crippen molar-refractivity contribution < 1.29 is 16.8 Å². The van der Waals surface area contributed by atoms with E-state index in [9.17, 15) is 16.8 Å². The van der Waals surface area contributed by atoms with Crippen LogP contribution in [-0.2, 0) is 19.9 Å². The average Bonchev–Trinajstić information content (AvgIpc) is 2.26. The molecule has 0 unspecified atom stereocenters. The maximum absolute atomic E-state index is 11.6. The molecule has 0 spiro atoms. The number of nitrogens with one attached hydrogen (secondary N) is 1. The molecule has 6 nitrogen and oxygen atoms in total. The second kappa shape index (κ2) is 7.30. The van der Waals surface area contributed by atoms with Crippen molar-refractivity contribution in [2.24, 2.45) is 0 Å². The average molecular weight is 338 g/mol. The van der Waals surface area contributed by atoms with Gasteiger partial charge < -0.3 is 5.73 Å². The Bertz CT molecular complexity index is 641. The number of benzene rings is 1. The molecule has 1 aromatic carbocycles. The summed E-state index contributed by atoms with van der Waals surface area (Å²) in [6, 6.07) is 7.18. The number of hydrogen-bond donors (Lipinski definition) is 2. The fourth-order valence-corrected chi connectivity index (χ4v) is 4.33. The maximum Gasteiger partial charge on any atom is 0.212 e. The van der Waals surface area contributed by atoms with Gasteiger partial charge in [-0.2, -0.15) is 0 Å². The highest BCUT2D eigenvalue weighted by Gasteiger charge is 2.11. The number of nitrogen functional groups attached to an aromatic ring is 1. The third-order valence-electron chi connectivity index (χ3n) is 2.27. The summed E-state index contributed by atoms with van der Waals surface area (Å²) in [5.41, 5.74) is 6.25. The van der Waals surface area contributed by atoms with Crippen molar-refractivity contribution in [3.05, 3.63) is 24.3 Å². The van der Waals surface area contributed by atoms with Crippen LogP contribution in [0.5, 0.6) is 0 Å².